The third-order valence-corrected chi connectivity index (χ3v) is 4.10. The molecule has 0 saturated carbocycles. The quantitative estimate of drug-likeness (QED) is 0.746. The van der Waals surface area contributed by atoms with E-state index in [2.05, 4.69) is 15.4 Å². The molecule has 1 fully saturated rings. The Morgan fingerprint density at radius 2 is 2.05 bits per heavy atom. The van der Waals surface area contributed by atoms with Crippen molar-refractivity contribution in [2.75, 3.05) is 24.7 Å². The lowest BCUT2D eigenvalue weighted by Gasteiger charge is -2.21. The number of amides is 1. The molecule has 7 heteroatoms. The summed E-state index contributed by atoms with van der Waals surface area (Å²) in [7, 11) is -3.19. The highest BCUT2D eigenvalue weighted by atomic mass is 32.2. The number of benzene rings is 1. The molecule has 116 valence electrons. The van der Waals surface area contributed by atoms with Crippen LogP contribution in [0.2, 0.25) is 0 Å². The van der Waals surface area contributed by atoms with E-state index in [9.17, 15) is 13.2 Å². The number of piperidine rings is 1. The zero-order valence-corrected chi connectivity index (χ0v) is 12.9. The van der Waals surface area contributed by atoms with Crippen LogP contribution in [0.4, 0.5) is 5.69 Å². The molecule has 2 rings (SSSR count). The Kier molecular flexibility index (Phi) is 5.33. The second kappa shape index (κ2) is 7.02. The lowest BCUT2D eigenvalue weighted by molar-refractivity contribution is -0.120. The van der Waals surface area contributed by atoms with Gasteiger partial charge in [0.05, 0.1) is 12.2 Å². The maximum absolute atomic E-state index is 12.1. The van der Waals surface area contributed by atoms with Crippen LogP contribution in [0.5, 0.6) is 0 Å². The minimum atomic E-state index is -3.19. The second-order valence-corrected chi connectivity index (χ2v) is 7.16. The first-order valence-corrected chi connectivity index (χ1v) is 8.88. The highest BCUT2D eigenvalue weighted by Gasteiger charge is 2.20. The van der Waals surface area contributed by atoms with Crippen molar-refractivity contribution in [3.8, 4) is 0 Å². The molecule has 1 aliphatic rings. The van der Waals surface area contributed by atoms with Gasteiger partial charge < -0.3 is 10.6 Å². The normalized spacial score (nSPS) is 19.2. The third-order valence-electron chi connectivity index (χ3n) is 3.43. The summed E-state index contributed by atoms with van der Waals surface area (Å²) in [6.45, 7) is 1.95. The maximum Gasteiger partial charge on any atom is 0.228 e. The Hall–Kier alpha value is -1.44. The van der Waals surface area contributed by atoms with Crippen LogP contribution in [-0.4, -0.2) is 33.7 Å². The average molecular weight is 311 g/mol. The lowest BCUT2D eigenvalue weighted by Crippen LogP contribution is -2.37. The Bertz CT molecular complexity index is 578. The summed E-state index contributed by atoms with van der Waals surface area (Å²) >= 11 is 0. The van der Waals surface area contributed by atoms with E-state index >= 15 is 0 Å². The van der Waals surface area contributed by atoms with Crippen molar-refractivity contribution in [3.63, 3.8) is 0 Å². The van der Waals surface area contributed by atoms with Crippen LogP contribution >= 0.6 is 0 Å². The van der Waals surface area contributed by atoms with E-state index in [1.54, 1.807) is 24.3 Å². The van der Waals surface area contributed by atoms with Gasteiger partial charge >= 0.3 is 0 Å². The number of nitrogens with one attached hydrogen (secondary N) is 3. The van der Waals surface area contributed by atoms with Crippen molar-refractivity contribution in [2.45, 2.75) is 19.4 Å². The number of carbonyl (C=O) groups is 1. The number of hydrogen-bond donors (Lipinski definition) is 3. The van der Waals surface area contributed by atoms with E-state index in [0.29, 0.717) is 0 Å². The van der Waals surface area contributed by atoms with E-state index in [0.717, 1.165) is 43.4 Å². The first kappa shape index (κ1) is 15.9. The molecular formula is C14H21N3O3S. The van der Waals surface area contributed by atoms with E-state index in [-0.39, 0.29) is 18.4 Å². The molecule has 0 aromatic heterocycles. The Balaban J connectivity index is 1.88. The number of hydrogen-bond acceptors (Lipinski definition) is 4. The van der Waals surface area contributed by atoms with Crippen LogP contribution in [0.15, 0.2) is 24.3 Å². The van der Waals surface area contributed by atoms with Crippen molar-refractivity contribution in [3.05, 3.63) is 29.8 Å². The van der Waals surface area contributed by atoms with Crippen LogP contribution in [0, 0.1) is 5.92 Å². The average Bonchev–Trinajstić information content (AvgIpc) is 2.46. The number of rotatable bonds is 5. The van der Waals surface area contributed by atoms with Gasteiger partial charge in [-0.3, -0.25) is 4.79 Å². The fraction of sp³-hybridized carbons (Fsp3) is 0.500. The third kappa shape index (κ3) is 5.45. The largest absolute Gasteiger partial charge is 0.326 e. The van der Waals surface area contributed by atoms with Gasteiger partial charge in [0, 0.05) is 18.8 Å². The van der Waals surface area contributed by atoms with Gasteiger partial charge in [-0.15, -0.1) is 0 Å². The van der Waals surface area contributed by atoms with Crippen LogP contribution in [0.25, 0.3) is 0 Å². The van der Waals surface area contributed by atoms with Gasteiger partial charge in [0.1, 0.15) is 0 Å². The van der Waals surface area contributed by atoms with Crippen molar-refractivity contribution in [1.82, 2.24) is 10.0 Å². The topological polar surface area (TPSA) is 87.3 Å². The minimum absolute atomic E-state index is 0.0188. The zero-order valence-electron chi connectivity index (χ0n) is 12.1. The van der Waals surface area contributed by atoms with Crippen molar-refractivity contribution >= 4 is 21.6 Å². The summed E-state index contributed by atoms with van der Waals surface area (Å²) < 4.78 is 24.5. The van der Waals surface area contributed by atoms with Gasteiger partial charge in [0.15, 0.2) is 0 Å². The zero-order chi connectivity index (χ0) is 15.3. The predicted molar refractivity (Wildman–Crippen MR) is 82.3 cm³/mol. The predicted octanol–water partition coefficient (Wildman–Crippen LogP) is 0.674. The fourth-order valence-electron chi connectivity index (χ4n) is 2.24. The lowest BCUT2D eigenvalue weighted by atomic mass is 9.99. The van der Waals surface area contributed by atoms with Crippen molar-refractivity contribution < 1.29 is 13.2 Å². The van der Waals surface area contributed by atoms with E-state index in [1.165, 1.54) is 0 Å². The fourth-order valence-corrected chi connectivity index (χ4v) is 2.67. The van der Waals surface area contributed by atoms with Crippen molar-refractivity contribution in [1.29, 1.82) is 0 Å². The molecule has 1 amide bonds. The minimum Gasteiger partial charge on any atom is -0.326 e. The molecule has 1 unspecified atom stereocenters. The van der Waals surface area contributed by atoms with Gasteiger partial charge in [-0.1, -0.05) is 12.1 Å². The van der Waals surface area contributed by atoms with Gasteiger partial charge in [0.25, 0.3) is 0 Å². The van der Waals surface area contributed by atoms with Crippen LogP contribution in [0.3, 0.4) is 0 Å². The van der Waals surface area contributed by atoms with Crippen LogP contribution in [0.1, 0.15) is 18.4 Å². The molecule has 0 spiro atoms. The second-order valence-electron chi connectivity index (χ2n) is 5.32. The number of carbonyl (C=O) groups excluding carboxylic acids is 1. The van der Waals surface area contributed by atoms with E-state index in [4.69, 9.17) is 0 Å². The number of sulfonamides is 1. The van der Waals surface area contributed by atoms with Gasteiger partial charge in [0.2, 0.25) is 15.9 Å². The Morgan fingerprint density at radius 1 is 1.33 bits per heavy atom. The summed E-state index contributed by atoms with van der Waals surface area (Å²) in [5.41, 5.74) is 1.58. The van der Waals surface area contributed by atoms with Gasteiger partial charge in [-0.05, 0) is 37.1 Å². The summed E-state index contributed by atoms with van der Waals surface area (Å²) in [5.74, 6) is 0.0505. The monoisotopic (exact) mass is 311 g/mol. The molecule has 1 atom stereocenters. The molecule has 1 aromatic rings. The molecule has 1 heterocycles. The van der Waals surface area contributed by atoms with Gasteiger partial charge in [-0.2, -0.15) is 0 Å². The molecule has 1 aromatic carbocycles. The van der Waals surface area contributed by atoms with E-state index < -0.39 is 10.0 Å². The standard InChI is InChI=1S/C14H21N3O3S/c1-21(19,20)16-9-11-4-6-13(7-5-11)17-14(18)12-3-2-8-15-10-12/h4-7,12,15-16H,2-3,8-10H2,1H3,(H,17,18). The molecule has 6 nitrogen and oxygen atoms in total. The first-order valence-electron chi connectivity index (χ1n) is 6.99. The highest BCUT2D eigenvalue weighted by Crippen LogP contribution is 2.15. The molecule has 1 aliphatic heterocycles. The smallest absolute Gasteiger partial charge is 0.228 e. The molecular weight excluding hydrogens is 290 g/mol. The summed E-state index contributed by atoms with van der Waals surface area (Å²) in [6.07, 6.45) is 3.06. The van der Waals surface area contributed by atoms with E-state index in [1.807, 2.05) is 0 Å². The molecule has 21 heavy (non-hydrogen) atoms. The Labute approximate surface area is 125 Å². The first-order chi connectivity index (χ1) is 9.94. The van der Waals surface area contributed by atoms with Crippen LogP contribution < -0.4 is 15.4 Å². The van der Waals surface area contributed by atoms with Crippen LogP contribution in [-0.2, 0) is 21.4 Å². The summed E-state index contributed by atoms with van der Waals surface area (Å²) in [6, 6.07) is 7.17. The summed E-state index contributed by atoms with van der Waals surface area (Å²) in [4.78, 5) is 12.1. The highest BCUT2D eigenvalue weighted by molar-refractivity contribution is 7.88. The molecule has 0 aliphatic carbocycles. The Morgan fingerprint density at radius 3 is 2.62 bits per heavy atom. The molecule has 3 N–H and O–H groups in total. The summed E-state index contributed by atoms with van der Waals surface area (Å²) in [5, 5.41) is 6.11. The van der Waals surface area contributed by atoms with Gasteiger partial charge in [-0.25, -0.2) is 13.1 Å². The SMILES string of the molecule is CS(=O)(=O)NCc1ccc(NC(=O)C2CCCNC2)cc1. The number of anilines is 1. The maximum atomic E-state index is 12.1. The molecule has 1 saturated heterocycles. The molecule has 0 bridgehead atoms. The molecule has 0 radical (unpaired) electrons. The van der Waals surface area contributed by atoms with Crippen molar-refractivity contribution in [2.24, 2.45) is 5.92 Å².